The van der Waals surface area contributed by atoms with Crippen molar-refractivity contribution < 1.29 is 24.2 Å². The summed E-state index contributed by atoms with van der Waals surface area (Å²) >= 11 is 5.83. The van der Waals surface area contributed by atoms with Gasteiger partial charge in [0.2, 0.25) is 0 Å². The lowest BCUT2D eigenvalue weighted by Crippen LogP contribution is -2.51. The molecule has 0 radical (unpaired) electrons. The number of ether oxygens (including phenoxy) is 1. The number of carboxylic acid groups (broad SMARTS) is 1. The van der Waals surface area contributed by atoms with Gasteiger partial charge < -0.3 is 15.2 Å². The van der Waals surface area contributed by atoms with Crippen molar-refractivity contribution >= 4 is 29.3 Å². The summed E-state index contributed by atoms with van der Waals surface area (Å²) in [5.41, 5.74) is -0.312. The average Bonchev–Trinajstić information content (AvgIpc) is 2.62. The van der Waals surface area contributed by atoms with Crippen LogP contribution < -0.4 is 10.1 Å². The standard InChI is InChI=1S/C20H20ClNO5/c1-12(18(24)25)22-19(26)20(2,3)27-16-10-6-14(7-11-16)17(23)13-4-8-15(21)9-5-13/h4-12H,1-3H3,(H,22,26)(H,24,25)/t12-/m0/s1. The molecule has 0 heterocycles. The number of ketones is 1. The van der Waals surface area contributed by atoms with Gasteiger partial charge in [0.1, 0.15) is 11.8 Å². The van der Waals surface area contributed by atoms with Crippen LogP contribution in [0.2, 0.25) is 5.02 Å². The third-order valence-electron chi connectivity index (χ3n) is 3.86. The van der Waals surface area contributed by atoms with Crippen LogP contribution >= 0.6 is 11.6 Å². The van der Waals surface area contributed by atoms with Gasteiger partial charge in [-0.3, -0.25) is 14.4 Å². The number of benzene rings is 2. The number of carbonyl (C=O) groups excluding carboxylic acids is 2. The molecule has 0 aromatic heterocycles. The first-order valence-corrected chi connectivity index (χ1v) is 8.61. The maximum absolute atomic E-state index is 12.4. The molecule has 0 unspecified atom stereocenters. The van der Waals surface area contributed by atoms with Crippen molar-refractivity contribution in [2.24, 2.45) is 0 Å². The van der Waals surface area contributed by atoms with E-state index in [0.29, 0.717) is 21.9 Å². The van der Waals surface area contributed by atoms with Gasteiger partial charge in [-0.25, -0.2) is 0 Å². The lowest BCUT2D eigenvalue weighted by molar-refractivity contribution is -0.144. The van der Waals surface area contributed by atoms with E-state index < -0.39 is 23.5 Å². The Morgan fingerprint density at radius 2 is 1.48 bits per heavy atom. The maximum Gasteiger partial charge on any atom is 0.325 e. The Bertz CT molecular complexity index is 844. The zero-order valence-corrected chi connectivity index (χ0v) is 15.9. The number of carbonyl (C=O) groups is 3. The molecule has 2 aromatic carbocycles. The summed E-state index contributed by atoms with van der Waals surface area (Å²) in [5.74, 6) is -1.47. The molecule has 0 aliphatic heterocycles. The Morgan fingerprint density at radius 1 is 1.00 bits per heavy atom. The van der Waals surface area contributed by atoms with Crippen molar-refractivity contribution in [3.05, 3.63) is 64.7 Å². The lowest BCUT2D eigenvalue weighted by Gasteiger charge is -2.26. The molecule has 1 amide bonds. The van der Waals surface area contributed by atoms with Crippen LogP contribution in [0.4, 0.5) is 0 Å². The first kappa shape index (κ1) is 20.5. The molecule has 0 aliphatic carbocycles. The fourth-order valence-electron chi connectivity index (χ4n) is 2.22. The fourth-order valence-corrected chi connectivity index (χ4v) is 2.34. The molecular weight excluding hydrogens is 370 g/mol. The molecule has 0 fully saturated rings. The lowest BCUT2D eigenvalue weighted by atomic mass is 10.0. The third-order valence-corrected chi connectivity index (χ3v) is 4.11. The molecule has 0 aliphatic rings. The number of carboxylic acids is 1. The topological polar surface area (TPSA) is 92.7 Å². The van der Waals surface area contributed by atoms with E-state index in [4.69, 9.17) is 21.4 Å². The van der Waals surface area contributed by atoms with Crippen molar-refractivity contribution in [2.75, 3.05) is 0 Å². The molecule has 0 bridgehead atoms. The molecule has 1 atom stereocenters. The van der Waals surface area contributed by atoms with Gasteiger partial charge in [-0.2, -0.15) is 0 Å². The Morgan fingerprint density at radius 3 is 1.96 bits per heavy atom. The zero-order chi connectivity index (χ0) is 20.2. The molecule has 142 valence electrons. The highest BCUT2D eigenvalue weighted by Crippen LogP contribution is 2.21. The van der Waals surface area contributed by atoms with Crippen molar-refractivity contribution in [1.82, 2.24) is 5.32 Å². The molecule has 27 heavy (non-hydrogen) atoms. The van der Waals surface area contributed by atoms with Crippen LogP contribution in [0.1, 0.15) is 36.7 Å². The van der Waals surface area contributed by atoms with Crippen molar-refractivity contribution in [3.8, 4) is 5.75 Å². The minimum absolute atomic E-state index is 0.162. The Kier molecular flexibility index (Phi) is 6.23. The summed E-state index contributed by atoms with van der Waals surface area (Å²) in [6.07, 6.45) is 0. The van der Waals surface area contributed by atoms with Gasteiger partial charge in [0, 0.05) is 16.1 Å². The smallest absolute Gasteiger partial charge is 0.325 e. The molecular formula is C20H20ClNO5. The number of rotatable bonds is 7. The van der Waals surface area contributed by atoms with Crippen molar-refractivity contribution in [2.45, 2.75) is 32.4 Å². The number of amides is 1. The summed E-state index contributed by atoms with van der Waals surface area (Å²) in [4.78, 5) is 35.5. The largest absolute Gasteiger partial charge is 0.480 e. The quantitative estimate of drug-likeness (QED) is 0.708. The van der Waals surface area contributed by atoms with Crippen LogP contribution in [-0.4, -0.2) is 34.4 Å². The van der Waals surface area contributed by atoms with E-state index in [-0.39, 0.29) is 5.78 Å². The maximum atomic E-state index is 12.4. The molecule has 2 aromatic rings. The Labute approximate surface area is 162 Å². The molecule has 0 saturated carbocycles. The highest BCUT2D eigenvalue weighted by molar-refractivity contribution is 6.30. The summed E-state index contributed by atoms with van der Waals surface area (Å²) in [5, 5.41) is 11.8. The third kappa shape index (κ3) is 5.31. The number of aliphatic carboxylic acids is 1. The predicted molar refractivity (Wildman–Crippen MR) is 101 cm³/mol. The average molecular weight is 390 g/mol. The molecule has 2 rings (SSSR count). The van der Waals surface area contributed by atoms with E-state index in [2.05, 4.69) is 5.32 Å². The monoisotopic (exact) mass is 389 g/mol. The second kappa shape index (κ2) is 8.22. The van der Waals surface area contributed by atoms with E-state index >= 15 is 0 Å². The van der Waals surface area contributed by atoms with Gasteiger partial charge in [-0.15, -0.1) is 0 Å². The van der Waals surface area contributed by atoms with E-state index in [1.54, 1.807) is 48.5 Å². The fraction of sp³-hybridized carbons (Fsp3) is 0.250. The highest BCUT2D eigenvalue weighted by atomic mass is 35.5. The second-order valence-corrected chi connectivity index (χ2v) is 6.94. The first-order chi connectivity index (χ1) is 12.6. The second-order valence-electron chi connectivity index (χ2n) is 6.51. The van der Waals surface area contributed by atoms with Crippen molar-refractivity contribution in [1.29, 1.82) is 0 Å². The predicted octanol–water partition coefficient (Wildman–Crippen LogP) is 3.32. The van der Waals surface area contributed by atoms with Gasteiger partial charge in [-0.1, -0.05) is 11.6 Å². The van der Waals surface area contributed by atoms with Crippen LogP contribution in [-0.2, 0) is 9.59 Å². The van der Waals surface area contributed by atoms with Crippen LogP contribution in [0.25, 0.3) is 0 Å². The molecule has 0 spiro atoms. The number of hydrogen-bond donors (Lipinski definition) is 2. The van der Waals surface area contributed by atoms with Gasteiger partial charge in [0.15, 0.2) is 11.4 Å². The van der Waals surface area contributed by atoms with Gasteiger partial charge >= 0.3 is 5.97 Å². The number of hydrogen-bond acceptors (Lipinski definition) is 4. The highest BCUT2D eigenvalue weighted by Gasteiger charge is 2.32. The van der Waals surface area contributed by atoms with Crippen molar-refractivity contribution in [3.63, 3.8) is 0 Å². The SMILES string of the molecule is C[C@H](NC(=O)C(C)(C)Oc1ccc(C(=O)c2ccc(Cl)cc2)cc1)C(=O)O. The number of halogens is 1. The van der Waals surface area contributed by atoms with Gasteiger partial charge in [0.05, 0.1) is 0 Å². The Hall–Kier alpha value is -2.86. The normalized spacial score (nSPS) is 12.1. The van der Waals surface area contributed by atoms with Crippen LogP contribution in [0, 0.1) is 0 Å². The summed E-state index contributed by atoms with van der Waals surface area (Å²) < 4.78 is 5.67. The van der Waals surface area contributed by atoms with E-state index in [1.165, 1.54) is 20.8 Å². The molecule has 7 heteroatoms. The van der Waals surface area contributed by atoms with E-state index in [1.807, 2.05) is 0 Å². The number of nitrogens with one attached hydrogen (secondary N) is 1. The molecule has 2 N–H and O–H groups in total. The minimum Gasteiger partial charge on any atom is -0.480 e. The van der Waals surface area contributed by atoms with Crippen LogP contribution in [0.15, 0.2) is 48.5 Å². The van der Waals surface area contributed by atoms with Gasteiger partial charge in [-0.05, 0) is 69.3 Å². The summed E-state index contributed by atoms with van der Waals surface area (Å²) in [7, 11) is 0. The molecule has 0 saturated heterocycles. The zero-order valence-electron chi connectivity index (χ0n) is 15.2. The van der Waals surface area contributed by atoms with Crippen LogP contribution in [0.3, 0.4) is 0 Å². The minimum atomic E-state index is -1.29. The summed E-state index contributed by atoms with van der Waals surface area (Å²) in [6, 6.07) is 11.9. The Balaban J connectivity index is 2.08. The van der Waals surface area contributed by atoms with Gasteiger partial charge in [0.25, 0.3) is 5.91 Å². The van der Waals surface area contributed by atoms with E-state index in [0.717, 1.165) is 0 Å². The van der Waals surface area contributed by atoms with E-state index in [9.17, 15) is 14.4 Å². The molecule has 6 nitrogen and oxygen atoms in total. The van der Waals surface area contributed by atoms with Crippen LogP contribution in [0.5, 0.6) is 5.75 Å². The first-order valence-electron chi connectivity index (χ1n) is 8.23. The summed E-state index contributed by atoms with van der Waals surface area (Å²) in [6.45, 7) is 4.43.